The molecule has 0 aromatic heterocycles. The van der Waals surface area contributed by atoms with Gasteiger partial charge in [0.1, 0.15) is 0 Å². The Balaban J connectivity index is 1.85. The highest BCUT2D eigenvalue weighted by molar-refractivity contribution is 5.67. The molecule has 1 fully saturated rings. The predicted molar refractivity (Wildman–Crippen MR) is 73.3 cm³/mol. The molecule has 2 rings (SSSR count). The molecule has 1 aliphatic rings. The molecule has 1 aromatic carbocycles. The lowest BCUT2D eigenvalue weighted by Crippen LogP contribution is -2.36. The molecule has 5 heteroatoms. The second-order valence-electron chi connectivity index (χ2n) is 4.34. The summed E-state index contributed by atoms with van der Waals surface area (Å²) in [5.41, 5.74) is 2.26. The van der Waals surface area contributed by atoms with Gasteiger partial charge in [-0.2, -0.15) is 0 Å². The fourth-order valence-electron chi connectivity index (χ4n) is 2.00. The van der Waals surface area contributed by atoms with E-state index in [2.05, 4.69) is 22.3 Å². The maximum absolute atomic E-state index is 11.2. The summed E-state index contributed by atoms with van der Waals surface area (Å²) >= 11 is 0. The van der Waals surface area contributed by atoms with Gasteiger partial charge in [-0.3, -0.25) is 0 Å². The molecule has 0 unspecified atom stereocenters. The molecule has 0 aliphatic carbocycles. The van der Waals surface area contributed by atoms with Gasteiger partial charge >= 0.3 is 6.09 Å². The normalized spacial score (nSPS) is 15.1. The summed E-state index contributed by atoms with van der Waals surface area (Å²) in [6.07, 6.45) is -0.375. The van der Waals surface area contributed by atoms with E-state index in [4.69, 9.17) is 9.47 Å². The highest BCUT2D eigenvalue weighted by Gasteiger charge is 2.10. The lowest BCUT2D eigenvalue weighted by Gasteiger charge is -2.28. The Bertz CT molecular complexity index is 400. The van der Waals surface area contributed by atoms with Crippen LogP contribution < -0.4 is 10.2 Å². The maximum Gasteiger partial charge on any atom is 0.407 e. The van der Waals surface area contributed by atoms with Crippen molar-refractivity contribution >= 4 is 11.8 Å². The number of ether oxygens (including phenoxy) is 2. The van der Waals surface area contributed by atoms with Crippen molar-refractivity contribution in [3.8, 4) is 0 Å². The second kappa shape index (κ2) is 6.99. The third-order valence-corrected chi connectivity index (χ3v) is 3.02. The van der Waals surface area contributed by atoms with Crippen LogP contribution in [0.5, 0.6) is 0 Å². The first kappa shape index (κ1) is 13.7. The minimum absolute atomic E-state index is 0.375. The number of morpholine rings is 1. The van der Waals surface area contributed by atoms with Crippen LogP contribution in [0.4, 0.5) is 10.5 Å². The number of anilines is 1. The molecule has 0 radical (unpaired) electrons. The summed E-state index contributed by atoms with van der Waals surface area (Å²) in [4.78, 5) is 13.5. The van der Waals surface area contributed by atoms with Gasteiger partial charge < -0.3 is 19.7 Å². The molecule has 1 saturated heterocycles. The summed E-state index contributed by atoms with van der Waals surface area (Å²) in [6.45, 7) is 6.10. The summed E-state index contributed by atoms with van der Waals surface area (Å²) in [6, 6.07) is 8.20. The van der Waals surface area contributed by atoms with E-state index in [-0.39, 0.29) is 6.09 Å². The van der Waals surface area contributed by atoms with E-state index in [1.165, 1.54) is 5.69 Å². The average molecular weight is 264 g/mol. The Hall–Kier alpha value is -1.75. The summed E-state index contributed by atoms with van der Waals surface area (Å²) < 4.78 is 10.1. The lowest BCUT2D eigenvalue weighted by atomic mass is 10.2. The molecule has 1 aromatic rings. The van der Waals surface area contributed by atoms with Crippen molar-refractivity contribution in [3.63, 3.8) is 0 Å². The van der Waals surface area contributed by atoms with Crippen LogP contribution in [0.15, 0.2) is 24.3 Å². The highest BCUT2D eigenvalue weighted by Crippen LogP contribution is 2.16. The van der Waals surface area contributed by atoms with Crippen molar-refractivity contribution in [2.75, 3.05) is 37.8 Å². The van der Waals surface area contributed by atoms with E-state index < -0.39 is 0 Å². The Morgan fingerprint density at radius 1 is 1.32 bits per heavy atom. The largest absolute Gasteiger partial charge is 0.450 e. The zero-order valence-corrected chi connectivity index (χ0v) is 11.2. The minimum Gasteiger partial charge on any atom is -0.450 e. The van der Waals surface area contributed by atoms with Gasteiger partial charge in [-0.15, -0.1) is 0 Å². The summed E-state index contributed by atoms with van der Waals surface area (Å²) in [5, 5.41) is 2.70. The Morgan fingerprint density at radius 3 is 2.63 bits per heavy atom. The molecule has 0 bridgehead atoms. The van der Waals surface area contributed by atoms with Crippen molar-refractivity contribution in [2.45, 2.75) is 13.5 Å². The number of nitrogens with zero attached hydrogens (tertiary/aromatic N) is 1. The number of hydrogen-bond acceptors (Lipinski definition) is 4. The summed E-state index contributed by atoms with van der Waals surface area (Å²) in [5.74, 6) is 0. The van der Waals surface area contributed by atoms with Crippen LogP contribution in [-0.4, -0.2) is 39.0 Å². The molecule has 104 valence electrons. The molecule has 1 amide bonds. The van der Waals surface area contributed by atoms with Crippen molar-refractivity contribution < 1.29 is 14.3 Å². The number of carbonyl (C=O) groups is 1. The number of amides is 1. The minimum atomic E-state index is -0.375. The standard InChI is InChI=1S/C14H20N2O3/c1-2-19-14(17)15-11-12-3-5-13(6-4-12)16-7-9-18-10-8-16/h3-6H,2,7-11H2,1H3,(H,15,17). The van der Waals surface area contributed by atoms with Crippen molar-refractivity contribution in [2.24, 2.45) is 0 Å². The molecule has 1 aliphatic heterocycles. The van der Waals surface area contributed by atoms with Crippen LogP contribution in [0.2, 0.25) is 0 Å². The van der Waals surface area contributed by atoms with Gasteiger partial charge in [0.25, 0.3) is 0 Å². The van der Waals surface area contributed by atoms with Crippen LogP contribution in [0.1, 0.15) is 12.5 Å². The molecule has 5 nitrogen and oxygen atoms in total. The van der Waals surface area contributed by atoms with Crippen LogP contribution in [-0.2, 0) is 16.0 Å². The van der Waals surface area contributed by atoms with Crippen molar-refractivity contribution in [3.05, 3.63) is 29.8 Å². The molecule has 1 N–H and O–H groups in total. The Labute approximate surface area is 113 Å². The first-order chi connectivity index (χ1) is 9.29. The molecular formula is C14H20N2O3. The van der Waals surface area contributed by atoms with Gasteiger partial charge in [-0.05, 0) is 24.6 Å². The van der Waals surface area contributed by atoms with Crippen molar-refractivity contribution in [1.29, 1.82) is 0 Å². The number of benzene rings is 1. The smallest absolute Gasteiger partial charge is 0.407 e. The first-order valence-corrected chi connectivity index (χ1v) is 6.62. The van der Waals surface area contributed by atoms with Crippen LogP contribution in [0.3, 0.4) is 0 Å². The van der Waals surface area contributed by atoms with Crippen molar-refractivity contribution in [1.82, 2.24) is 5.32 Å². The van der Waals surface area contributed by atoms with Crippen LogP contribution in [0, 0.1) is 0 Å². The van der Waals surface area contributed by atoms with Gasteiger partial charge in [0, 0.05) is 25.3 Å². The van der Waals surface area contributed by atoms with Crippen LogP contribution >= 0.6 is 0 Å². The third kappa shape index (κ3) is 4.13. The van der Waals surface area contributed by atoms with Gasteiger partial charge in [0.2, 0.25) is 0 Å². The second-order valence-corrected chi connectivity index (χ2v) is 4.34. The molecule has 0 spiro atoms. The zero-order valence-electron chi connectivity index (χ0n) is 11.2. The molecule has 0 atom stereocenters. The predicted octanol–water partition coefficient (Wildman–Crippen LogP) is 1.77. The zero-order chi connectivity index (χ0) is 13.5. The fourth-order valence-corrected chi connectivity index (χ4v) is 2.00. The number of nitrogens with one attached hydrogen (secondary N) is 1. The Kier molecular flexibility index (Phi) is 5.03. The van der Waals surface area contributed by atoms with E-state index in [0.29, 0.717) is 13.2 Å². The third-order valence-electron chi connectivity index (χ3n) is 3.02. The molecule has 19 heavy (non-hydrogen) atoms. The molecular weight excluding hydrogens is 244 g/mol. The van der Waals surface area contributed by atoms with Gasteiger partial charge in [-0.1, -0.05) is 12.1 Å². The van der Waals surface area contributed by atoms with E-state index in [9.17, 15) is 4.79 Å². The quantitative estimate of drug-likeness (QED) is 0.900. The Morgan fingerprint density at radius 2 is 2.00 bits per heavy atom. The average Bonchev–Trinajstić information content (AvgIpc) is 2.47. The van der Waals surface area contributed by atoms with E-state index in [1.807, 2.05) is 12.1 Å². The maximum atomic E-state index is 11.2. The van der Waals surface area contributed by atoms with Crippen LogP contribution in [0.25, 0.3) is 0 Å². The fraction of sp³-hybridized carbons (Fsp3) is 0.500. The number of alkyl carbamates (subject to hydrolysis) is 1. The SMILES string of the molecule is CCOC(=O)NCc1ccc(N2CCOCC2)cc1. The van der Waals surface area contributed by atoms with E-state index in [1.54, 1.807) is 6.92 Å². The number of carbonyl (C=O) groups excluding carboxylic acids is 1. The van der Waals surface area contributed by atoms with E-state index in [0.717, 1.165) is 31.9 Å². The van der Waals surface area contributed by atoms with Gasteiger partial charge in [-0.25, -0.2) is 4.79 Å². The molecule has 1 heterocycles. The summed E-state index contributed by atoms with van der Waals surface area (Å²) in [7, 11) is 0. The lowest BCUT2D eigenvalue weighted by molar-refractivity contribution is 0.122. The van der Waals surface area contributed by atoms with Gasteiger partial charge in [0.15, 0.2) is 0 Å². The monoisotopic (exact) mass is 264 g/mol. The van der Waals surface area contributed by atoms with Gasteiger partial charge in [0.05, 0.1) is 19.8 Å². The number of rotatable bonds is 4. The first-order valence-electron chi connectivity index (χ1n) is 6.62. The van der Waals surface area contributed by atoms with E-state index >= 15 is 0 Å². The number of hydrogen-bond donors (Lipinski definition) is 1. The topological polar surface area (TPSA) is 50.8 Å². The highest BCUT2D eigenvalue weighted by atomic mass is 16.5. The molecule has 0 saturated carbocycles.